The fraction of sp³-hybridized carbons (Fsp3) is 0.267. The molecule has 0 amide bonds. The van der Waals surface area contributed by atoms with Gasteiger partial charge >= 0.3 is 0 Å². The highest BCUT2D eigenvalue weighted by molar-refractivity contribution is 9.10. The first-order valence-electron chi connectivity index (χ1n) is 6.10. The second-order valence-corrected chi connectivity index (χ2v) is 5.03. The molecule has 18 heavy (non-hydrogen) atoms. The van der Waals surface area contributed by atoms with Crippen LogP contribution in [0.4, 0.5) is 0 Å². The Bertz CT molecular complexity index is 487. The quantitative estimate of drug-likeness (QED) is 0.850. The van der Waals surface area contributed by atoms with Gasteiger partial charge in [-0.1, -0.05) is 36.4 Å². The normalized spacial score (nSPS) is 12.3. The monoisotopic (exact) mass is 305 g/mol. The van der Waals surface area contributed by atoms with Crippen molar-refractivity contribution in [2.75, 3.05) is 0 Å². The van der Waals surface area contributed by atoms with Gasteiger partial charge in [-0.15, -0.1) is 0 Å². The van der Waals surface area contributed by atoms with E-state index in [2.05, 4.69) is 33.0 Å². The van der Waals surface area contributed by atoms with Gasteiger partial charge in [0, 0.05) is 11.8 Å². The Kier molecular flexibility index (Phi) is 4.90. The van der Waals surface area contributed by atoms with Crippen LogP contribution < -0.4 is 0 Å². The molecule has 3 heteroatoms. The van der Waals surface area contributed by atoms with Crippen LogP contribution in [-0.2, 0) is 6.42 Å². The highest BCUT2D eigenvalue weighted by atomic mass is 79.9. The van der Waals surface area contributed by atoms with E-state index in [1.165, 1.54) is 5.56 Å². The van der Waals surface area contributed by atoms with Gasteiger partial charge in [-0.05, 0) is 46.8 Å². The average molecular weight is 306 g/mol. The number of pyridine rings is 1. The zero-order chi connectivity index (χ0) is 12.8. The van der Waals surface area contributed by atoms with Crippen LogP contribution in [0, 0.1) is 0 Å². The van der Waals surface area contributed by atoms with Gasteiger partial charge in [-0.2, -0.15) is 0 Å². The molecule has 2 rings (SSSR count). The smallest absolute Gasteiger partial charge is 0.111 e. The average Bonchev–Trinajstić information content (AvgIpc) is 2.40. The summed E-state index contributed by atoms with van der Waals surface area (Å²) >= 11 is 3.36. The van der Waals surface area contributed by atoms with Crippen LogP contribution in [0.25, 0.3) is 0 Å². The van der Waals surface area contributed by atoms with E-state index in [1.54, 1.807) is 6.20 Å². The third-order valence-corrected chi connectivity index (χ3v) is 3.60. The standard InChI is InChI=1S/C15H16BrNO/c16-15-13(9-5-11-17-15)14(18)10-4-8-12-6-2-1-3-7-12/h1-3,5-7,9,11,14,18H,4,8,10H2. The molecule has 1 aromatic heterocycles. The lowest BCUT2D eigenvalue weighted by atomic mass is 10.0. The Hall–Kier alpha value is -1.19. The molecule has 1 aromatic carbocycles. The molecule has 0 radical (unpaired) electrons. The number of aliphatic hydroxyl groups is 1. The van der Waals surface area contributed by atoms with E-state index in [0.717, 1.165) is 29.4 Å². The first kappa shape index (κ1) is 13.2. The van der Waals surface area contributed by atoms with Gasteiger partial charge in [-0.3, -0.25) is 0 Å². The van der Waals surface area contributed by atoms with Crippen molar-refractivity contribution in [3.63, 3.8) is 0 Å². The Morgan fingerprint density at radius 3 is 2.61 bits per heavy atom. The SMILES string of the molecule is OC(CCCc1ccccc1)c1cccnc1Br. The number of benzene rings is 1. The number of hydrogen-bond donors (Lipinski definition) is 1. The van der Waals surface area contributed by atoms with Gasteiger partial charge in [0.2, 0.25) is 0 Å². The number of aliphatic hydroxyl groups excluding tert-OH is 1. The maximum atomic E-state index is 10.1. The van der Waals surface area contributed by atoms with Crippen molar-refractivity contribution in [1.29, 1.82) is 0 Å². The third kappa shape index (κ3) is 3.65. The van der Waals surface area contributed by atoms with Gasteiger partial charge in [0.05, 0.1) is 6.10 Å². The molecule has 1 heterocycles. The molecule has 0 aliphatic rings. The highest BCUT2D eigenvalue weighted by Gasteiger charge is 2.11. The van der Waals surface area contributed by atoms with Crippen LogP contribution >= 0.6 is 15.9 Å². The van der Waals surface area contributed by atoms with Crippen LogP contribution in [0.5, 0.6) is 0 Å². The lowest BCUT2D eigenvalue weighted by Gasteiger charge is -2.11. The predicted octanol–water partition coefficient (Wildman–Crippen LogP) is 3.90. The molecule has 0 bridgehead atoms. The summed E-state index contributed by atoms with van der Waals surface area (Å²) in [4.78, 5) is 4.12. The van der Waals surface area contributed by atoms with Crippen molar-refractivity contribution in [2.24, 2.45) is 0 Å². The molecule has 1 N–H and O–H groups in total. The number of aryl methyl sites for hydroxylation is 1. The summed E-state index contributed by atoms with van der Waals surface area (Å²) in [5, 5.41) is 10.1. The lowest BCUT2D eigenvalue weighted by Crippen LogP contribution is -2.00. The van der Waals surface area contributed by atoms with Crippen LogP contribution in [0.1, 0.15) is 30.1 Å². The maximum Gasteiger partial charge on any atom is 0.111 e. The molecule has 0 saturated heterocycles. The summed E-state index contributed by atoms with van der Waals surface area (Å²) in [6.07, 6.45) is 3.97. The van der Waals surface area contributed by atoms with E-state index in [1.807, 2.05) is 30.3 Å². The van der Waals surface area contributed by atoms with Crippen molar-refractivity contribution in [3.8, 4) is 0 Å². The van der Waals surface area contributed by atoms with Gasteiger partial charge in [0.25, 0.3) is 0 Å². The minimum atomic E-state index is -0.447. The fourth-order valence-corrected chi connectivity index (χ4v) is 2.46. The van der Waals surface area contributed by atoms with Gasteiger partial charge < -0.3 is 5.11 Å². The zero-order valence-electron chi connectivity index (χ0n) is 10.1. The van der Waals surface area contributed by atoms with Gasteiger partial charge in [0.1, 0.15) is 4.60 Å². The summed E-state index contributed by atoms with van der Waals surface area (Å²) in [5.41, 5.74) is 2.18. The van der Waals surface area contributed by atoms with Crippen LogP contribution in [-0.4, -0.2) is 10.1 Å². The molecule has 0 spiro atoms. The Morgan fingerprint density at radius 1 is 1.11 bits per heavy atom. The van der Waals surface area contributed by atoms with Crippen molar-refractivity contribution in [1.82, 2.24) is 4.98 Å². The Morgan fingerprint density at radius 2 is 1.89 bits per heavy atom. The maximum absolute atomic E-state index is 10.1. The highest BCUT2D eigenvalue weighted by Crippen LogP contribution is 2.24. The fourth-order valence-electron chi connectivity index (χ4n) is 1.95. The molecule has 94 valence electrons. The van der Waals surface area contributed by atoms with E-state index in [9.17, 15) is 5.11 Å². The van der Waals surface area contributed by atoms with Crippen molar-refractivity contribution < 1.29 is 5.11 Å². The molecule has 1 unspecified atom stereocenters. The summed E-state index contributed by atoms with van der Waals surface area (Å²) in [5.74, 6) is 0. The molecule has 0 aliphatic carbocycles. The van der Waals surface area contributed by atoms with Crippen molar-refractivity contribution in [2.45, 2.75) is 25.4 Å². The molecular formula is C15H16BrNO. The van der Waals surface area contributed by atoms with E-state index in [4.69, 9.17) is 0 Å². The second kappa shape index (κ2) is 6.66. The van der Waals surface area contributed by atoms with Crippen LogP contribution in [0.2, 0.25) is 0 Å². The van der Waals surface area contributed by atoms with E-state index in [0.29, 0.717) is 0 Å². The number of halogens is 1. The van der Waals surface area contributed by atoms with Gasteiger partial charge in [0.15, 0.2) is 0 Å². The topological polar surface area (TPSA) is 33.1 Å². The Labute approximate surface area is 116 Å². The zero-order valence-corrected chi connectivity index (χ0v) is 11.7. The van der Waals surface area contributed by atoms with Crippen LogP contribution in [0.3, 0.4) is 0 Å². The molecule has 0 aliphatic heterocycles. The number of rotatable bonds is 5. The summed E-state index contributed by atoms with van der Waals surface area (Å²) in [6.45, 7) is 0. The first-order valence-corrected chi connectivity index (χ1v) is 6.89. The summed E-state index contributed by atoms with van der Waals surface area (Å²) in [7, 11) is 0. The second-order valence-electron chi connectivity index (χ2n) is 4.28. The number of hydrogen-bond acceptors (Lipinski definition) is 2. The number of aromatic nitrogens is 1. The van der Waals surface area contributed by atoms with E-state index < -0.39 is 6.10 Å². The van der Waals surface area contributed by atoms with E-state index >= 15 is 0 Å². The third-order valence-electron chi connectivity index (χ3n) is 2.93. The molecule has 1 atom stereocenters. The molecular weight excluding hydrogens is 290 g/mol. The first-order chi connectivity index (χ1) is 8.77. The van der Waals surface area contributed by atoms with Crippen molar-refractivity contribution in [3.05, 3.63) is 64.4 Å². The summed E-state index contributed by atoms with van der Waals surface area (Å²) < 4.78 is 0.734. The van der Waals surface area contributed by atoms with Crippen LogP contribution in [0.15, 0.2) is 53.3 Å². The largest absolute Gasteiger partial charge is 0.388 e. The predicted molar refractivity (Wildman–Crippen MR) is 76.3 cm³/mol. The van der Waals surface area contributed by atoms with Gasteiger partial charge in [-0.25, -0.2) is 4.98 Å². The Balaban J connectivity index is 1.86. The van der Waals surface area contributed by atoms with Crippen molar-refractivity contribution >= 4 is 15.9 Å². The molecule has 2 nitrogen and oxygen atoms in total. The molecule has 2 aromatic rings. The lowest BCUT2D eigenvalue weighted by molar-refractivity contribution is 0.163. The minimum absolute atomic E-state index is 0.447. The summed E-state index contributed by atoms with van der Waals surface area (Å²) in [6, 6.07) is 14.1. The number of nitrogens with zero attached hydrogens (tertiary/aromatic N) is 1. The van der Waals surface area contributed by atoms with E-state index in [-0.39, 0.29) is 0 Å². The minimum Gasteiger partial charge on any atom is -0.388 e. The molecule has 0 fully saturated rings. The molecule has 0 saturated carbocycles.